The van der Waals surface area contributed by atoms with E-state index in [1.165, 1.54) is 40.8 Å². The minimum atomic E-state index is -7.47. The van der Waals surface area contributed by atoms with E-state index in [-0.39, 0.29) is 3.57 Å². The summed E-state index contributed by atoms with van der Waals surface area (Å²) in [5.41, 5.74) is -0.422. The van der Waals surface area contributed by atoms with E-state index in [2.05, 4.69) is 0 Å². The summed E-state index contributed by atoms with van der Waals surface area (Å²) < 4.78 is 142. The molecule has 0 spiro atoms. The van der Waals surface area contributed by atoms with Crippen LogP contribution in [-0.4, -0.2) is 35.0 Å². The highest BCUT2D eigenvalue weighted by Gasteiger charge is 2.87. The van der Waals surface area contributed by atoms with Crippen molar-refractivity contribution in [2.75, 3.05) is 0 Å². The summed E-state index contributed by atoms with van der Waals surface area (Å²) in [6.07, 6.45) is -12.2. The van der Waals surface area contributed by atoms with Crippen LogP contribution in [0.4, 0.5) is 48.3 Å². The van der Waals surface area contributed by atoms with Gasteiger partial charge in [0.2, 0.25) is 0 Å². The first kappa shape index (κ1) is 23.2. The van der Waals surface area contributed by atoms with Crippen molar-refractivity contribution < 1.29 is 53.4 Å². The number of alkyl halides is 11. The van der Waals surface area contributed by atoms with Crippen LogP contribution in [0.25, 0.3) is 0 Å². The molecule has 0 fully saturated rings. The summed E-state index contributed by atoms with van der Waals surface area (Å²) in [6.45, 7) is 0. The Balaban J connectivity index is 3.26. The van der Waals surface area contributed by atoms with Crippen molar-refractivity contribution in [2.24, 2.45) is 0 Å². The van der Waals surface area contributed by atoms with Gasteiger partial charge in [0.25, 0.3) is 0 Å². The van der Waals surface area contributed by atoms with Gasteiger partial charge in [-0.05, 0) is 34.2 Å². The smallest absolute Gasteiger partial charge is 0.388 e. The largest absolute Gasteiger partial charge is 0.460 e. The van der Waals surface area contributed by atoms with Gasteiger partial charge in [-0.2, -0.15) is 48.3 Å². The summed E-state index contributed by atoms with van der Waals surface area (Å²) in [5.74, 6) is -28.1. The van der Waals surface area contributed by atoms with E-state index in [1.807, 2.05) is 0 Å². The predicted octanol–water partition coefficient (Wildman–Crippen LogP) is 5.82. The Morgan fingerprint density at radius 3 is 1.65 bits per heavy atom. The highest BCUT2D eigenvalue weighted by Crippen LogP contribution is 2.58. The topological polar surface area (TPSA) is 20.2 Å². The monoisotopic (exact) mass is 516 g/mol. The first-order valence-electron chi connectivity index (χ1n) is 6.40. The Morgan fingerprint density at radius 1 is 0.769 bits per heavy atom. The average molecular weight is 516 g/mol. The Labute approximate surface area is 152 Å². The zero-order chi connectivity index (χ0) is 20.8. The summed E-state index contributed by atoms with van der Waals surface area (Å²) in [7, 11) is 0. The minimum Gasteiger partial charge on any atom is -0.388 e. The van der Waals surface area contributed by atoms with Crippen LogP contribution in [0.2, 0.25) is 0 Å². The first-order valence-corrected chi connectivity index (χ1v) is 7.48. The van der Waals surface area contributed by atoms with Crippen molar-refractivity contribution >= 4 is 22.6 Å². The van der Waals surface area contributed by atoms with E-state index in [4.69, 9.17) is 0 Å². The number of aliphatic hydroxyl groups is 1. The van der Waals surface area contributed by atoms with E-state index >= 15 is 0 Å². The second kappa shape index (κ2) is 6.95. The molecule has 0 aromatic heterocycles. The van der Waals surface area contributed by atoms with Crippen molar-refractivity contribution in [1.29, 1.82) is 0 Å². The van der Waals surface area contributed by atoms with Gasteiger partial charge in [0, 0.05) is 9.99 Å². The molecule has 1 aromatic rings. The first-order chi connectivity index (χ1) is 11.4. The molecule has 0 heterocycles. The Kier molecular flexibility index (Phi) is 6.19. The molecule has 1 aromatic carbocycles. The van der Waals surface area contributed by atoms with Gasteiger partial charge < -0.3 is 5.11 Å². The van der Waals surface area contributed by atoms with Gasteiger partial charge in [-0.15, -0.1) is 0 Å². The molecule has 0 saturated carbocycles. The summed E-state index contributed by atoms with van der Waals surface area (Å²) in [4.78, 5) is 0. The maximum absolute atomic E-state index is 13.6. The second-order valence-electron chi connectivity index (χ2n) is 5.17. The van der Waals surface area contributed by atoms with Crippen molar-refractivity contribution in [3.8, 4) is 0 Å². The number of aliphatic hydroxyl groups excluding tert-OH is 1. The lowest BCUT2D eigenvalue weighted by atomic mass is 9.92. The molecule has 0 aliphatic carbocycles. The molecule has 13 heteroatoms. The molecular weight excluding hydrogens is 508 g/mol. The SMILES string of the molecule is OC(CC(F)(F)C(F)(F)C(F)(F)C(F)(F)C(F)(F)F)c1ccccc1I. The Hall–Kier alpha value is -0.860. The third-order valence-electron chi connectivity index (χ3n) is 3.32. The Morgan fingerprint density at radius 2 is 1.23 bits per heavy atom. The van der Waals surface area contributed by atoms with Gasteiger partial charge in [-0.3, -0.25) is 0 Å². The summed E-state index contributed by atoms with van der Waals surface area (Å²) >= 11 is 1.48. The highest BCUT2D eigenvalue weighted by atomic mass is 127. The molecule has 0 bridgehead atoms. The molecule has 26 heavy (non-hydrogen) atoms. The van der Waals surface area contributed by atoms with Crippen LogP contribution in [0.1, 0.15) is 18.1 Å². The fraction of sp³-hybridized carbons (Fsp3) is 0.538. The van der Waals surface area contributed by atoms with Crippen molar-refractivity contribution in [1.82, 2.24) is 0 Å². The van der Waals surface area contributed by atoms with Crippen LogP contribution in [0.5, 0.6) is 0 Å². The van der Waals surface area contributed by atoms with Crippen molar-refractivity contribution in [2.45, 2.75) is 42.4 Å². The minimum absolute atomic E-state index is 0.0455. The molecule has 1 N–H and O–H groups in total. The molecule has 0 aliphatic heterocycles. The van der Waals surface area contributed by atoms with E-state index in [9.17, 15) is 53.4 Å². The quantitative estimate of drug-likeness (QED) is 0.374. The lowest BCUT2D eigenvalue weighted by Gasteiger charge is -2.37. The van der Waals surface area contributed by atoms with Crippen LogP contribution in [0.15, 0.2) is 24.3 Å². The number of hydrogen-bond acceptors (Lipinski definition) is 1. The number of rotatable bonds is 6. The molecule has 0 amide bonds. The van der Waals surface area contributed by atoms with Gasteiger partial charge >= 0.3 is 29.9 Å². The molecule has 1 unspecified atom stereocenters. The normalized spacial score (nSPS) is 15.9. The van der Waals surface area contributed by atoms with Crippen molar-refractivity contribution in [3.63, 3.8) is 0 Å². The van der Waals surface area contributed by atoms with E-state index in [1.54, 1.807) is 0 Å². The van der Waals surface area contributed by atoms with Crippen LogP contribution in [-0.2, 0) is 0 Å². The van der Waals surface area contributed by atoms with Gasteiger partial charge in [-0.25, -0.2) is 0 Å². The van der Waals surface area contributed by atoms with E-state index in [0.29, 0.717) is 0 Å². The maximum Gasteiger partial charge on any atom is 0.460 e. The molecule has 1 atom stereocenters. The molecular formula is C13H8F11IO. The lowest BCUT2D eigenvalue weighted by molar-refractivity contribution is -0.423. The molecule has 1 nitrogen and oxygen atoms in total. The lowest BCUT2D eigenvalue weighted by Crippen LogP contribution is -2.66. The average Bonchev–Trinajstić information content (AvgIpc) is 2.45. The summed E-state index contributed by atoms with van der Waals surface area (Å²) in [5, 5.41) is 9.56. The fourth-order valence-corrected chi connectivity index (χ4v) is 2.58. The van der Waals surface area contributed by atoms with E-state index in [0.717, 1.165) is 6.07 Å². The van der Waals surface area contributed by atoms with Crippen LogP contribution >= 0.6 is 22.6 Å². The van der Waals surface area contributed by atoms with Gasteiger partial charge in [0.05, 0.1) is 6.10 Å². The maximum atomic E-state index is 13.6. The third-order valence-corrected chi connectivity index (χ3v) is 4.30. The fourth-order valence-electron chi connectivity index (χ4n) is 1.83. The zero-order valence-electron chi connectivity index (χ0n) is 12.1. The van der Waals surface area contributed by atoms with Crippen LogP contribution in [0.3, 0.4) is 0 Å². The van der Waals surface area contributed by atoms with Crippen molar-refractivity contribution in [3.05, 3.63) is 33.4 Å². The van der Waals surface area contributed by atoms with Gasteiger partial charge in [0.1, 0.15) is 0 Å². The van der Waals surface area contributed by atoms with Crippen LogP contribution in [0, 0.1) is 3.57 Å². The third kappa shape index (κ3) is 3.73. The highest BCUT2D eigenvalue weighted by molar-refractivity contribution is 14.1. The molecule has 0 radical (unpaired) electrons. The zero-order valence-corrected chi connectivity index (χ0v) is 14.2. The number of benzene rings is 1. The van der Waals surface area contributed by atoms with E-state index < -0.39 is 48.0 Å². The van der Waals surface area contributed by atoms with Gasteiger partial charge in [-0.1, -0.05) is 18.2 Å². The molecule has 0 saturated heterocycles. The predicted molar refractivity (Wildman–Crippen MR) is 74.6 cm³/mol. The number of hydrogen-bond donors (Lipinski definition) is 1. The summed E-state index contributed by atoms with van der Waals surface area (Å²) in [6, 6.07) is 4.71. The van der Waals surface area contributed by atoms with Crippen LogP contribution < -0.4 is 0 Å². The second-order valence-corrected chi connectivity index (χ2v) is 6.33. The number of halogens is 12. The molecule has 0 aliphatic rings. The molecule has 150 valence electrons. The molecule has 1 rings (SSSR count). The Bertz CT molecular complexity index is 641. The standard InChI is InChI=1S/C13H8F11IO/c14-9(15,5-8(26)6-3-1-2-4-7(6)25)10(16,17)11(18,19)12(20,21)13(22,23)24/h1-4,8,26H,5H2. The van der Waals surface area contributed by atoms with Gasteiger partial charge in [0.15, 0.2) is 0 Å².